The van der Waals surface area contributed by atoms with Gasteiger partial charge in [-0.2, -0.15) is 0 Å². The fourth-order valence-electron chi connectivity index (χ4n) is 6.05. The highest BCUT2D eigenvalue weighted by Crippen LogP contribution is 2.47. The molecule has 5 rings (SSSR count). The van der Waals surface area contributed by atoms with Crippen molar-refractivity contribution in [3.63, 3.8) is 0 Å². The van der Waals surface area contributed by atoms with Crippen molar-refractivity contribution in [1.29, 1.82) is 0 Å². The van der Waals surface area contributed by atoms with E-state index in [1.54, 1.807) is 18.2 Å². The van der Waals surface area contributed by atoms with Crippen molar-refractivity contribution in [2.75, 3.05) is 32.5 Å². The molecule has 1 aliphatic heterocycles. The van der Waals surface area contributed by atoms with Gasteiger partial charge in [-0.1, -0.05) is 43.7 Å². The van der Waals surface area contributed by atoms with Crippen LogP contribution in [-0.2, 0) is 16.3 Å². The lowest BCUT2D eigenvalue weighted by Crippen LogP contribution is -2.48. The zero-order chi connectivity index (χ0) is 26.0. The van der Waals surface area contributed by atoms with Crippen molar-refractivity contribution in [2.45, 2.75) is 49.3 Å². The Labute approximate surface area is 221 Å². The molecule has 0 unspecified atom stereocenters. The van der Waals surface area contributed by atoms with Crippen molar-refractivity contribution in [1.82, 2.24) is 4.90 Å². The second-order valence-corrected chi connectivity index (χ2v) is 12.7. The molecule has 196 valence electrons. The number of sulfone groups is 1. The molecule has 3 aromatic carbocycles. The largest absolute Gasteiger partial charge is 0.508 e. The number of aromatic hydroxyl groups is 1. The molecular weight excluding hydrogens is 482 g/mol. The minimum absolute atomic E-state index is 0.110. The van der Waals surface area contributed by atoms with Crippen molar-refractivity contribution in [2.24, 2.45) is 5.92 Å². The van der Waals surface area contributed by atoms with Crippen LogP contribution in [0.3, 0.4) is 0 Å². The standard InChI is InChI=1S/C31H37NO4S/c1-3-4-22-20-32(21-22)17-18-36-27-11-5-24(6-12-27)31-29(15-9-25-19-26(33)10-16-30(25)31)23-7-13-28(14-8-23)37(2,34)35/h5-8,10-14,16,19,22,29,31,33H,3-4,9,15,17-18,20-21H2,1-2H3/t29-,31+/m1/s1. The maximum atomic E-state index is 12.0. The van der Waals surface area contributed by atoms with Crippen molar-refractivity contribution in [3.8, 4) is 11.5 Å². The molecule has 0 aromatic heterocycles. The Balaban J connectivity index is 1.33. The maximum absolute atomic E-state index is 12.0. The summed E-state index contributed by atoms with van der Waals surface area (Å²) in [5, 5.41) is 10.1. The molecule has 5 nitrogen and oxygen atoms in total. The first-order valence-electron chi connectivity index (χ1n) is 13.4. The molecule has 1 saturated heterocycles. The van der Waals surface area contributed by atoms with Crippen LogP contribution in [0.15, 0.2) is 71.6 Å². The highest BCUT2D eigenvalue weighted by molar-refractivity contribution is 7.90. The molecule has 0 bridgehead atoms. The first kappa shape index (κ1) is 25.8. The Morgan fingerprint density at radius 2 is 1.68 bits per heavy atom. The van der Waals surface area contributed by atoms with Gasteiger partial charge in [0.05, 0.1) is 4.90 Å². The molecule has 2 aliphatic rings. The van der Waals surface area contributed by atoms with Crippen LogP contribution in [0.5, 0.6) is 11.5 Å². The lowest BCUT2D eigenvalue weighted by atomic mass is 9.69. The van der Waals surface area contributed by atoms with Gasteiger partial charge < -0.3 is 9.84 Å². The lowest BCUT2D eigenvalue weighted by Gasteiger charge is -2.39. The molecule has 1 heterocycles. The predicted octanol–water partition coefficient (Wildman–Crippen LogP) is 5.77. The van der Waals surface area contributed by atoms with E-state index >= 15 is 0 Å². The van der Waals surface area contributed by atoms with Crippen LogP contribution in [-0.4, -0.2) is 50.9 Å². The van der Waals surface area contributed by atoms with Crippen LogP contribution in [0.4, 0.5) is 0 Å². The van der Waals surface area contributed by atoms with E-state index in [1.165, 1.54) is 48.9 Å². The van der Waals surface area contributed by atoms with Gasteiger partial charge in [-0.3, -0.25) is 4.90 Å². The number of benzene rings is 3. The summed E-state index contributed by atoms with van der Waals surface area (Å²) in [6, 6.07) is 21.4. The zero-order valence-electron chi connectivity index (χ0n) is 21.8. The number of ether oxygens (including phenoxy) is 1. The fraction of sp³-hybridized carbons (Fsp3) is 0.419. The predicted molar refractivity (Wildman–Crippen MR) is 147 cm³/mol. The van der Waals surface area contributed by atoms with Gasteiger partial charge in [-0.15, -0.1) is 0 Å². The van der Waals surface area contributed by atoms with Crippen LogP contribution in [0, 0.1) is 5.92 Å². The maximum Gasteiger partial charge on any atom is 0.175 e. The number of fused-ring (bicyclic) bond motifs is 1. The first-order chi connectivity index (χ1) is 17.8. The average molecular weight is 520 g/mol. The topological polar surface area (TPSA) is 66.8 Å². The number of aryl methyl sites for hydroxylation is 1. The third-order valence-corrected chi connectivity index (χ3v) is 9.10. The summed E-state index contributed by atoms with van der Waals surface area (Å²) in [6.45, 7) is 6.30. The second kappa shape index (κ2) is 10.9. The summed E-state index contributed by atoms with van der Waals surface area (Å²) in [5.41, 5.74) is 4.72. The Morgan fingerprint density at radius 1 is 0.973 bits per heavy atom. The highest BCUT2D eigenvalue weighted by atomic mass is 32.2. The minimum atomic E-state index is -3.24. The van der Waals surface area contributed by atoms with E-state index in [1.807, 2.05) is 24.3 Å². The summed E-state index contributed by atoms with van der Waals surface area (Å²) >= 11 is 0. The van der Waals surface area contributed by atoms with Crippen LogP contribution >= 0.6 is 0 Å². The number of rotatable bonds is 9. The van der Waals surface area contributed by atoms with E-state index < -0.39 is 9.84 Å². The van der Waals surface area contributed by atoms with E-state index in [-0.39, 0.29) is 11.8 Å². The molecule has 0 spiro atoms. The van der Waals surface area contributed by atoms with E-state index in [2.05, 4.69) is 36.1 Å². The number of likely N-dealkylation sites (tertiary alicyclic amines) is 1. The van der Waals surface area contributed by atoms with Gasteiger partial charge in [0.1, 0.15) is 18.1 Å². The van der Waals surface area contributed by atoms with Gasteiger partial charge in [0, 0.05) is 31.8 Å². The Bertz CT molecular complexity index is 1310. The normalized spacial score (nSPS) is 20.3. The SMILES string of the molecule is CCCC1CN(CCOc2ccc([C@@H]3c4ccc(O)cc4CC[C@@H]3c3ccc(S(C)(=O)=O)cc3)cc2)C1. The molecule has 1 aliphatic carbocycles. The molecule has 1 fully saturated rings. The van der Waals surface area contributed by atoms with Crippen LogP contribution < -0.4 is 4.74 Å². The van der Waals surface area contributed by atoms with E-state index in [0.717, 1.165) is 36.6 Å². The molecule has 6 heteroatoms. The van der Waals surface area contributed by atoms with Crippen molar-refractivity contribution >= 4 is 9.84 Å². The van der Waals surface area contributed by atoms with Gasteiger partial charge in [0.25, 0.3) is 0 Å². The van der Waals surface area contributed by atoms with Crippen LogP contribution in [0.25, 0.3) is 0 Å². The van der Waals surface area contributed by atoms with Gasteiger partial charge in [0.15, 0.2) is 9.84 Å². The number of nitrogens with zero attached hydrogens (tertiary/aromatic N) is 1. The summed E-state index contributed by atoms with van der Waals surface area (Å²) in [5.74, 6) is 2.35. The first-order valence-corrected chi connectivity index (χ1v) is 15.3. The molecule has 2 atom stereocenters. The number of hydrogen-bond acceptors (Lipinski definition) is 5. The number of phenols is 1. The van der Waals surface area contributed by atoms with E-state index in [9.17, 15) is 13.5 Å². The number of phenolic OH excluding ortho intramolecular Hbond substituents is 1. The molecule has 3 aromatic rings. The molecule has 0 radical (unpaired) electrons. The van der Waals surface area contributed by atoms with Gasteiger partial charge >= 0.3 is 0 Å². The molecule has 1 N–H and O–H groups in total. The average Bonchev–Trinajstić information content (AvgIpc) is 2.86. The van der Waals surface area contributed by atoms with E-state index in [0.29, 0.717) is 17.3 Å². The Hall–Kier alpha value is -2.83. The van der Waals surface area contributed by atoms with Gasteiger partial charge in [-0.05, 0) is 89.8 Å². The summed E-state index contributed by atoms with van der Waals surface area (Å²) in [4.78, 5) is 2.80. The summed E-state index contributed by atoms with van der Waals surface area (Å²) in [6.07, 6.45) is 5.62. The number of hydrogen-bond donors (Lipinski definition) is 1. The monoisotopic (exact) mass is 519 g/mol. The molecule has 37 heavy (non-hydrogen) atoms. The molecule has 0 amide bonds. The summed E-state index contributed by atoms with van der Waals surface area (Å²) < 4.78 is 30.0. The molecule has 0 saturated carbocycles. The van der Waals surface area contributed by atoms with Crippen LogP contribution in [0.2, 0.25) is 0 Å². The summed E-state index contributed by atoms with van der Waals surface area (Å²) in [7, 11) is -3.24. The van der Waals surface area contributed by atoms with E-state index in [4.69, 9.17) is 4.74 Å². The lowest BCUT2D eigenvalue weighted by molar-refractivity contribution is 0.0772. The van der Waals surface area contributed by atoms with Gasteiger partial charge in [0.2, 0.25) is 0 Å². The minimum Gasteiger partial charge on any atom is -0.508 e. The zero-order valence-corrected chi connectivity index (χ0v) is 22.6. The highest BCUT2D eigenvalue weighted by Gasteiger charge is 2.32. The fourth-order valence-corrected chi connectivity index (χ4v) is 6.68. The quantitative estimate of drug-likeness (QED) is 0.389. The van der Waals surface area contributed by atoms with Crippen molar-refractivity contribution < 1.29 is 18.3 Å². The van der Waals surface area contributed by atoms with Crippen LogP contribution in [0.1, 0.15) is 60.3 Å². The van der Waals surface area contributed by atoms with Crippen molar-refractivity contribution in [3.05, 3.63) is 89.0 Å². The third kappa shape index (κ3) is 5.86. The molecular formula is C31H37NO4S. The third-order valence-electron chi connectivity index (χ3n) is 7.97. The Morgan fingerprint density at radius 3 is 2.35 bits per heavy atom. The van der Waals surface area contributed by atoms with Gasteiger partial charge in [-0.25, -0.2) is 8.42 Å². The second-order valence-electron chi connectivity index (χ2n) is 10.7. The smallest absolute Gasteiger partial charge is 0.175 e. The Kier molecular flexibility index (Phi) is 7.59.